The number of hydrogen-bond donors (Lipinski definition) is 0. The molecule has 0 N–H and O–H groups in total. The predicted molar refractivity (Wildman–Crippen MR) is 72.3 cm³/mol. The molecule has 1 heterocycles. The lowest BCUT2D eigenvalue weighted by atomic mass is 9.99. The minimum atomic E-state index is -0.529. The highest BCUT2D eigenvalue weighted by molar-refractivity contribution is 5.97. The molecule has 0 aliphatic heterocycles. The Morgan fingerprint density at radius 3 is 2.60 bits per heavy atom. The summed E-state index contributed by atoms with van der Waals surface area (Å²) in [5.74, 6) is -0.466. The smallest absolute Gasteiger partial charge is 0.340 e. The van der Waals surface area contributed by atoms with Gasteiger partial charge in [-0.3, -0.25) is 4.98 Å². The number of methoxy groups -OCH3 is 2. The first-order valence-corrected chi connectivity index (χ1v) is 5.95. The van der Waals surface area contributed by atoms with Crippen molar-refractivity contribution in [2.24, 2.45) is 0 Å². The molecule has 5 heteroatoms. The van der Waals surface area contributed by atoms with E-state index in [1.165, 1.54) is 38.6 Å². The van der Waals surface area contributed by atoms with E-state index in [1.54, 1.807) is 13.0 Å². The van der Waals surface area contributed by atoms with Crippen molar-refractivity contribution >= 4 is 5.97 Å². The Kier molecular flexibility index (Phi) is 3.98. The molecule has 0 saturated heterocycles. The van der Waals surface area contributed by atoms with Crippen LogP contribution in [0.2, 0.25) is 0 Å². The van der Waals surface area contributed by atoms with E-state index in [-0.39, 0.29) is 5.56 Å². The number of hydrogen-bond acceptors (Lipinski definition) is 4. The number of aryl methyl sites for hydroxylation is 1. The highest BCUT2D eigenvalue weighted by atomic mass is 19.1. The predicted octanol–water partition coefficient (Wildman–Crippen LogP) is 2.99. The second-order valence-corrected chi connectivity index (χ2v) is 4.21. The molecule has 0 radical (unpaired) electrons. The van der Waals surface area contributed by atoms with Gasteiger partial charge in [0, 0.05) is 23.0 Å². The number of halogens is 1. The maximum Gasteiger partial charge on any atom is 0.340 e. The van der Waals surface area contributed by atoms with E-state index in [0.717, 1.165) is 0 Å². The lowest BCUT2D eigenvalue weighted by molar-refractivity contribution is 0.0601. The minimum absolute atomic E-state index is 0.266. The maximum absolute atomic E-state index is 13.5. The number of esters is 1. The van der Waals surface area contributed by atoms with Gasteiger partial charge in [0.05, 0.1) is 19.8 Å². The van der Waals surface area contributed by atoms with Crippen LogP contribution in [0.25, 0.3) is 11.1 Å². The molecule has 4 nitrogen and oxygen atoms in total. The third-order valence-corrected chi connectivity index (χ3v) is 2.90. The number of carbonyl (C=O) groups is 1. The van der Waals surface area contributed by atoms with Crippen LogP contribution in [0.4, 0.5) is 4.39 Å². The second-order valence-electron chi connectivity index (χ2n) is 4.21. The zero-order valence-corrected chi connectivity index (χ0v) is 11.4. The number of nitrogens with zero attached hydrogens (tertiary/aromatic N) is 1. The van der Waals surface area contributed by atoms with Gasteiger partial charge in [-0.1, -0.05) is 0 Å². The summed E-state index contributed by atoms with van der Waals surface area (Å²) < 4.78 is 23.4. The van der Waals surface area contributed by atoms with Crippen molar-refractivity contribution in [3.63, 3.8) is 0 Å². The Morgan fingerprint density at radius 2 is 1.95 bits per heavy atom. The monoisotopic (exact) mass is 275 g/mol. The van der Waals surface area contributed by atoms with Crippen LogP contribution in [0.3, 0.4) is 0 Å². The lowest BCUT2D eigenvalue weighted by Crippen LogP contribution is -2.05. The van der Waals surface area contributed by atoms with E-state index >= 15 is 0 Å². The molecule has 104 valence electrons. The molecular weight excluding hydrogens is 261 g/mol. The average Bonchev–Trinajstić information content (AvgIpc) is 2.46. The Balaban J connectivity index is 2.71. The summed E-state index contributed by atoms with van der Waals surface area (Å²) in [6, 6.07) is 5.83. The van der Waals surface area contributed by atoms with E-state index in [0.29, 0.717) is 22.6 Å². The van der Waals surface area contributed by atoms with Gasteiger partial charge < -0.3 is 9.47 Å². The molecule has 2 rings (SSSR count). The molecule has 0 aliphatic rings. The first-order valence-electron chi connectivity index (χ1n) is 5.95. The Labute approximate surface area is 116 Å². The SMILES string of the molecule is COC(=O)c1cnc(C)cc1-c1cc(F)ccc1OC. The number of carbonyl (C=O) groups excluding carboxylic acids is 1. The van der Waals surface area contributed by atoms with E-state index in [9.17, 15) is 9.18 Å². The van der Waals surface area contributed by atoms with E-state index < -0.39 is 11.8 Å². The van der Waals surface area contributed by atoms with Gasteiger partial charge >= 0.3 is 5.97 Å². The molecule has 20 heavy (non-hydrogen) atoms. The summed E-state index contributed by atoms with van der Waals surface area (Å²) in [5, 5.41) is 0. The van der Waals surface area contributed by atoms with Crippen molar-refractivity contribution in [1.29, 1.82) is 0 Å². The molecule has 0 saturated carbocycles. The Morgan fingerprint density at radius 1 is 1.20 bits per heavy atom. The van der Waals surface area contributed by atoms with Crippen molar-refractivity contribution in [2.45, 2.75) is 6.92 Å². The fourth-order valence-corrected chi connectivity index (χ4v) is 1.95. The highest BCUT2D eigenvalue weighted by Crippen LogP contribution is 2.33. The number of pyridine rings is 1. The maximum atomic E-state index is 13.5. The Bertz CT molecular complexity index is 656. The highest BCUT2D eigenvalue weighted by Gasteiger charge is 2.17. The number of rotatable bonds is 3. The summed E-state index contributed by atoms with van der Waals surface area (Å²) in [5.41, 5.74) is 1.99. The standard InChI is InChI=1S/C15H14FNO3/c1-9-6-11(13(8-17-9)15(18)20-3)12-7-10(16)4-5-14(12)19-2/h4-8H,1-3H3. The third-order valence-electron chi connectivity index (χ3n) is 2.90. The number of aromatic nitrogens is 1. The molecule has 0 atom stereocenters. The number of ether oxygens (including phenoxy) is 2. The molecule has 0 bridgehead atoms. The van der Waals surface area contributed by atoms with Gasteiger partial charge in [-0.2, -0.15) is 0 Å². The van der Waals surface area contributed by atoms with Gasteiger partial charge in [0.25, 0.3) is 0 Å². The topological polar surface area (TPSA) is 48.4 Å². The largest absolute Gasteiger partial charge is 0.496 e. The summed E-state index contributed by atoms with van der Waals surface area (Å²) in [6.07, 6.45) is 1.42. The van der Waals surface area contributed by atoms with E-state index in [4.69, 9.17) is 9.47 Å². The molecule has 0 fully saturated rings. The van der Waals surface area contributed by atoms with Crippen molar-refractivity contribution in [3.8, 4) is 16.9 Å². The molecular formula is C15H14FNO3. The van der Waals surface area contributed by atoms with Gasteiger partial charge in [-0.15, -0.1) is 0 Å². The first kappa shape index (κ1) is 14.0. The van der Waals surface area contributed by atoms with Gasteiger partial charge in [0.1, 0.15) is 11.6 Å². The van der Waals surface area contributed by atoms with Crippen LogP contribution in [-0.4, -0.2) is 25.2 Å². The van der Waals surface area contributed by atoms with Crippen molar-refractivity contribution in [1.82, 2.24) is 4.98 Å². The molecule has 0 unspecified atom stereocenters. The van der Waals surface area contributed by atoms with Crippen LogP contribution in [-0.2, 0) is 4.74 Å². The van der Waals surface area contributed by atoms with Crippen LogP contribution in [0.5, 0.6) is 5.75 Å². The van der Waals surface area contributed by atoms with Gasteiger partial charge in [-0.25, -0.2) is 9.18 Å². The van der Waals surface area contributed by atoms with Gasteiger partial charge in [0.2, 0.25) is 0 Å². The van der Waals surface area contributed by atoms with Crippen LogP contribution in [0.1, 0.15) is 16.1 Å². The summed E-state index contributed by atoms with van der Waals surface area (Å²) >= 11 is 0. The lowest BCUT2D eigenvalue weighted by Gasteiger charge is -2.12. The summed E-state index contributed by atoms with van der Waals surface area (Å²) in [6.45, 7) is 1.79. The zero-order chi connectivity index (χ0) is 14.7. The van der Waals surface area contributed by atoms with Crippen LogP contribution < -0.4 is 4.74 Å². The number of benzene rings is 1. The van der Waals surface area contributed by atoms with Crippen molar-refractivity contribution in [2.75, 3.05) is 14.2 Å². The summed E-state index contributed by atoms with van der Waals surface area (Å²) in [4.78, 5) is 15.9. The first-order chi connectivity index (χ1) is 9.56. The molecule has 0 spiro atoms. The van der Waals surface area contributed by atoms with Gasteiger partial charge in [-0.05, 0) is 31.2 Å². The van der Waals surface area contributed by atoms with Crippen molar-refractivity contribution in [3.05, 3.63) is 47.5 Å². The van der Waals surface area contributed by atoms with Crippen LogP contribution in [0, 0.1) is 12.7 Å². The van der Waals surface area contributed by atoms with Crippen molar-refractivity contribution < 1.29 is 18.7 Å². The van der Waals surface area contributed by atoms with Crippen LogP contribution >= 0.6 is 0 Å². The normalized spacial score (nSPS) is 10.2. The molecule has 0 amide bonds. The average molecular weight is 275 g/mol. The Hall–Kier alpha value is -2.43. The van der Waals surface area contributed by atoms with Gasteiger partial charge in [0.15, 0.2) is 0 Å². The summed E-state index contributed by atoms with van der Waals surface area (Å²) in [7, 11) is 2.78. The fourth-order valence-electron chi connectivity index (χ4n) is 1.95. The third kappa shape index (κ3) is 2.61. The molecule has 1 aromatic carbocycles. The second kappa shape index (κ2) is 5.69. The van der Waals surface area contributed by atoms with E-state index in [2.05, 4.69) is 4.98 Å². The zero-order valence-electron chi connectivity index (χ0n) is 11.4. The van der Waals surface area contributed by atoms with E-state index in [1.807, 2.05) is 0 Å². The minimum Gasteiger partial charge on any atom is -0.496 e. The quantitative estimate of drug-likeness (QED) is 0.808. The molecule has 2 aromatic rings. The van der Waals surface area contributed by atoms with Crippen LogP contribution in [0.15, 0.2) is 30.5 Å². The molecule has 1 aromatic heterocycles. The molecule has 0 aliphatic carbocycles. The fraction of sp³-hybridized carbons (Fsp3) is 0.200.